The van der Waals surface area contributed by atoms with Gasteiger partial charge in [0, 0.05) is 33.2 Å². The number of nitrogens with zero attached hydrogens (tertiary/aromatic N) is 1. The molecule has 2 aromatic heterocycles. The van der Waals surface area contributed by atoms with Crippen LogP contribution in [0.5, 0.6) is 0 Å². The summed E-state index contributed by atoms with van der Waals surface area (Å²) in [5, 5.41) is 10.8. The zero-order valence-corrected chi connectivity index (χ0v) is 23.2. The summed E-state index contributed by atoms with van der Waals surface area (Å²) >= 11 is 2.74. The Morgan fingerprint density at radius 3 is 2.29 bits per heavy atom. The van der Waals surface area contributed by atoms with Crippen LogP contribution in [0.2, 0.25) is 0 Å². The largest absolute Gasteiger partial charge is 0.465 e. The highest BCUT2D eigenvalue weighted by atomic mass is 32.2. The number of thiazole rings is 1. The van der Waals surface area contributed by atoms with Crippen LogP contribution in [0.1, 0.15) is 16.1 Å². The molecule has 10 heteroatoms. The van der Waals surface area contributed by atoms with Crippen LogP contribution in [0.15, 0.2) is 124 Å². The molecule has 204 valence electrons. The van der Waals surface area contributed by atoms with Gasteiger partial charge >= 0.3 is 0 Å². The molecule has 0 bridgehead atoms. The van der Waals surface area contributed by atoms with Gasteiger partial charge in [0.2, 0.25) is 5.91 Å². The lowest BCUT2D eigenvalue weighted by atomic mass is 10.2. The van der Waals surface area contributed by atoms with E-state index in [0.717, 1.165) is 16.2 Å². The molecule has 3 aromatic carbocycles. The maximum absolute atomic E-state index is 13.1. The van der Waals surface area contributed by atoms with Gasteiger partial charge in [0.05, 0.1) is 17.7 Å². The fourth-order valence-electron chi connectivity index (χ4n) is 3.67. The Morgan fingerprint density at radius 1 is 0.854 bits per heavy atom. The van der Waals surface area contributed by atoms with Crippen molar-refractivity contribution in [1.29, 1.82) is 0 Å². The number of furan rings is 1. The van der Waals surface area contributed by atoms with E-state index in [1.807, 2.05) is 47.8 Å². The van der Waals surface area contributed by atoms with E-state index in [0.29, 0.717) is 22.1 Å². The topological polar surface area (TPSA) is 113 Å². The number of nitrogens with one attached hydrogen (secondary N) is 3. The van der Waals surface area contributed by atoms with E-state index >= 15 is 0 Å². The lowest BCUT2D eigenvalue weighted by Gasteiger charge is -2.11. The summed E-state index contributed by atoms with van der Waals surface area (Å²) < 4.78 is 5.33. The maximum atomic E-state index is 13.1. The first-order valence-electron chi connectivity index (χ1n) is 12.5. The van der Waals surface area contributed by atoms with Crippen molar-refractivity contribution < 1.29 is 18.8 Å². The number of hydrogen-bond donors (Lipinski definition) is 3. The van der Waals surface area contributed by atoms with Crippen LogP contribution in [0.3, 0.4) is 0 Å². The molecule has 3 amide bonds. The summed E-state index contributed by atoms with van der Waals surface area (Å²) in [7, 11) is 0. The number of anilines is 2. The lowest BCUT2D eigenvalue weighted by Crippen LogP contribution is -2.30. The van der Waals surface area contributed by atoms with Crippen LogP contribution >= 0.6 is 23.1 Å². The van der Waals surface area contributed by atoms with E-state index in [4.69, 9.17) is 4.42 Å². The van der Waals surface area contributed by atoms with E-state index < -0.39 is 11.8 Å². The van der Waals surface area contributed by atoms with E-state index in [9.17, 15) is 14.4 Å². The number of carbonyl (C=O) groups is 3. The Balaban J connectivity index is 1.16. The van der Waals surface area contributed by atoms with Gasteiger partial charge in [-0.25, -0.2) is 4.98 Å². The normalized spacial score (nSPS) is 11.1. The third-order valence-corrected chi connectivity index (χ3v) is 7.43. The molecular weight excluding hydrogens is 556 g/mol. The average molecular weight is 581 g/mol. The van der Waals surface area contributed by atoms with Gasteiger partial charge in [-0.05, 0) is 48.5 Å². The summed E-state index contributed by atoms with van der Waals surface area (Å²) in [6.45, 7) is 0. The standard InChI is InChI=1S/C31H24N4O4S2/c36-28(35-31-34-27(19-41-31)21-8-3-1-4-9-21)20-40-25-15-13-23(14-16-25)32-30(38)26(18-24-12-7-17-39-24)33-29(37)22-10-5-2-6-11-22/h1-19H,20H2,(H,32,38)(H,33,37)(H,34,35,36)/b26-18-. The number of rotatable bonds is 10. The van der Waals surface area contributed by atoms with Gasteiger partial charge in [-0.2, -0.15) is 0 Å². The van der Waals surface area contributed by atoms with Crippen molar-refractivity contribution in [3.8, 4) is 11.3 Å². The van der Waals surface area contributed by atoms with Crippen LogP contribution in [0, 0.1) is 0 Å². The van der Waals surface area contributed by atoms with Crippen molar-refractivity contribution in [1.82, 2.24) is 10.3 Å². The van der Waals surface area contributed by atoms with Gasteiger partial charge in [-0.15, -0.1) is 23.1 Å². The zero-order chi connectivity index (χ0) is 28.4. The Labute approximate surface area is 244 Å². The summed E-state index contributed by atoms with van der Waals surface area (Å²) in [6.07, 6.45) is 2.94. The number of amides is 3. The minimum Gasteiger partial charge on any atom is -0.465 e. The number of benzene rings is 3. The number of aromatic nitrogens is 1. The van der Waals surface area contributed by atoms with Crippen LogP contribution in [0.4, 0.5) is 10.8 Å². The van der Waals surface area contributed by atoms with Crippen LogP contribution in [-0.2, 0) is 9.59 Å². The molecule has 0 saturated carbocycles. The summed E-state index contributed by atoms with van der Waals surface area (Å²) in [5.74, 6) is -0.472. The van der Waals surface area contributed by atoms with Gasteiger partial charge in [-0.1, -0.05) is 48.5 Å². The predicted molar refractivity (Wildman–Crippen MR) is 163 cm³/mol. The lowest BCUT2D eigenvalue weighted by molar-refractivity contribution is -0.114. The highest BCUT2D eigenvalue weighted by Crippen LogP contribution is 2.25. The first kappa shape index (κ1) is 27.6. The molecule has 0 fully saturated rings. The molecule has 0 unspecified atom stereocenters. The molecule has 0 aliphatic rings. The molecule has 3 N–H and O–H groups in total. The zero-order valence-electron chi connectivity index (χ0n) is 21.6. The maximum Gasteiger partial charge on any atom is 0.272 e. The second-order valence-corrected chi connectivity index (χ2v) is 10.5. The van der Waals surface area contributed by atoms with E-state index in [-0.39, 0.29) is 17.4 Å². The smallest absolute Gasteiger partial charge is 0.272 e. The average Bonchev–Trinajstić information content (AvgIpc) is 3.70. The molecule has 0 aliphatic heterocycles. The fraction of sp³-hybridized carbons (Fsp3) is 0.0323. The molecule has 2 heterocycles. The minimum atomic E-state index is -0.510. The Morgan fingerprint density at radius 2 is 1.59 bits per heavy atom. The van der Waals surface area contributed by atoms with E-state index in [2.05, 4.69) is 20.9 Å². The molecule has 0 saturated heterocycles. The van der Waals surface area contributed by atoms with E-state index in [1.165, 1.54) is 35.4 Å². The molecule has 8 nitrogen and oxygen atoms in total. The highest BCUT2D eigenvalue weighted by molar-refractivity contribution is 8.00. The van der Waals surface area contributed by atoms with Crippen molar-refractivity contribution in [2.45, 2.75) is 4.90 Å². The van der Waals surface area contributed by atoms with Crippen LogP contribution in [-0.4, -0.2) is 28.5 Å². The molecule has 5 rings (SSSR count). The Kier molecular flexibility index (Phi) is 9.05. The van der Waals surface area contributed by atoms with Gasteiger partial charge in [0.15, 0.2) is 5.13 Å². The predicted octanol–water partition coefficient (Wildman–Crippen LogP) is 6.54. The monoisotopic (exact) mass is 580 g/mol. The number of carbonyl (C=O) groups excluding carboxylic acids is 3. The SMILES string of the molecule is O=C(CSc1ccc(NC(=O)/C(=C/c2ccco2)NC(=O)c2ccccc2)cc1)Nc1nc(-c2ccccc2)cs1. The first-order valence-corrected chi connectivity index (χ1v) is 14.4. The third-order valence-electron chi connectivity index (χ3n) is 5.66. The Bertz CT molecular complexity index is 1650. The van der Waals surface area contributed by atoms with Gasteiger partial charge in [-0.3, -0.25) is 14.4 Å². The molecule has 0 radical (unpaired) electrons. The van der Waals surface area contributed by atoms with Crippen molar-refractivity contribution >= 4 is 57.7 Å². The summed E-state index contributed by atoms with van der Waals surface area (Å²) in [5.41, 5.74) is 2.79. The van der Waals surface area contributed by atoms with E-state index in [1.54, 1.807) is 54.6 Å². The fourth-order valence-corrected chi connectivity index (χ4v) is 5.10. The first-order chi connectivity index (χ1) is 20.0. The molecular formula is C31H24N4O4S2. The second-order valence-electron chi connectivity index (χ2n) is 8.61. The molecule has 0 aliphatic carbocycles. The quantitative estimate of drug-likeness (QED) is 0.128. The third kappa shape index (κ3) is 7.81. The number of thioether (sulfide) groups is 1. The van der Waals surface area contributed by atoms with Crippen LogP contribution in [0.25, 0.3) is 17.3 Å². The van der Waals surface area contributed by atoms with Crippen molar-refractivity contribution in [3.63, 3.8) is 0 Å². The summed E-state index contributed by atoms with van der Waals surface area (Å²) in [4.78, 5) is 43.6. The summed E-state index contributed by atoms with van der Waals surface area (Å²) in [6, 6.07) is 28.8. The number of hydrogen-bond acceptors (Lipinski definition) is 7. The molecule has 41 heavy (non-hydrogen) atoms. The molecule has 5 aromatic rings. The van der Waals surface area contributed by atoms with Gasteiger partial charge < -0.3 is 20.4 Å². The molecule has 0 atom stereocenters. The minimum absolute atomic E-state index is 0.0292. The van der Waals surface area contributed by atoms with Crippen LogP contribution < -0.4 is 16.0 Å². The van der Waals surface area contributed by atoms with Gasteiger partial charge in [0.1, 0.15) is 11.5 Å². The Hall–Kier alpha value is -4.93. The van der Waals surface area contributed by atoms with Crippen molar-refractivity contribution in [2.75, 3.05) is 16.4 Å². The van der Waals surface area contributed by atoms with Gasteiger partial charge in [0.25, 0.3) is 11.8 Å². The molecule has 0 spiro atoms. The van der Waals surface area contributed by atoms with Crippen molar-refractivity contribution in [3.05, 3.63) is 126 Å². The van der Waals surface area contributed by atoms with Crippen molar-refractivity contribution in [2.24, 2.45) is 0 Å². The highest BCUT2D eigenvalue weighted by Gasteiger charge is 2.16. The second kappa shape index (κ2) is 13.4.